The van der Waals surface area contributed by atoms with Crippen LogP contribution in [0.4, 0.5) is 0 Å². The molecule has 1 heterocycles. The zero-order chi connectivity index (χ0) is 18.7. The van der Waals surface area contributed by atoms with Crippen LogP contribution in [0.1, 0.15) is 27.8 Å². The van der Waals surface area contributed by atoms with E-state index in [2.05, 4.69) is 9.82 Å². The van der Waals surface area contributed by atoms with Gasteiger partial charge in [0.1, 0.15) is 0 Å². The Balaban J connectivity index is 1.70. The molecule has 3 aromatic rings. The molecule has 0 amide bonds. The van der Waals surface area contributed by atoms with Crippen molar-refractivity contribution in [2.45, 2.75) is 38.8 Å². The van der Waals surface area contributed by atoms with Crippen LogP contribution in [0.15, 0.2) is 59.8 Å². The number of sulfonamides is 1. The van der Waals surface area contributed by atoms with Gasteiger partial charge < -0.3 is 0 Å². The van der Waals surface area contributed by atoms with Gasteiger partial charge in [-0.25, -0.2) is 13.1 Å². The number of aromatic nitrogens is 2. The largest absolute Gasteiger partial charge is 0.268 e. The Hall–Kier alpha value is -2.44. The summed E-state index contributed by atoms with van der Waals surface area (Å²) in [6.45, 7) is 6.59. The zero-order valence-corrected chi connectivity index (χ0v) is 16.0. The van der Waals surface area contributed by atoms with Crippen molar-refractivity contribution >= 4 is 10.0 Å². The van der Waals surface area contributed by atoms with Crippen LogP contribution in [0.3, 0.4) is 0 Å². The molecule has 2 aromatic carbocycles. The molecule has 136 valence electrons. The highest BCUT2D eigenvalue weighted by Gasteiger charge is 2.19. The van der Waals surface area contributed by atoms with Gasteiger partial charge in [0.25, 0.3) is 0 Å². The molecule has 0 spiro atoms. The van der Waals surface area contributed by atoms with Crippen LogP contribution in [0, 0.1) is 20.8 Å². The molecular formula is C20H23N3O2S. The zero-order valence-electron chi connectivity index (χ0n) is 15.2. The van der Waals surface area contributed by atoms with Crippen LogP contribution >= 0.6 is 0 Å². The molecule has 1 aromatic heterocycles. The van der Waals surface area contributed by atoms with E-state index in [1.165, 1.54) is 0 Å². The van der Waals surface area contributed by atoms with Gasteiger partial charge in [-0.3, -0.25) is 4.68 Å². The minimum Gasteiger partial charge on any atom is -0.268 e. The van der Waals surface area contributed by atoms with Gasteiger partial charge in [0.05, 0.1) is 11.4 Å². The first-order chi connectivity index (χ1) is 12.3. The molecule has 3 rings (SSSR count). The number of nitrogens with one attached hydrogen (secondary N) is 1. The number of hydrogen-bond donors (Lipinski definition) is 1. The van der Waals surface area contributed by atoms with Crippen LogP contribution in [-0.4, -0.2) is 18.2 Å². The minimum absolute atomic E-state index is 0.261. The summed E-state index contributed by atoms with van der Waals surface area (Å²) >= 11 is 0. The van der Waals surface area contributed by atoms with Gasteiger partial charge in [0.15, 0.2) is 0 Å². The molecule has 26 heavy (non-hydrogen) atoms. The monoisotopic (exact) mass is 369 g/mol. The molecular weight excluding hydrogens is 346 g/mol. The average molecular weight is 369 g/mol. The third kappa shape index (κ3) is 4.20. The van der Waals surface area contributed by atoms with Crippen molar-refractivity contribution in [3.8, 4) is 0 Å². The normalized spacial score (nSPS) is 11.7. The Morgan fingerprint density at radius 1 is 1.00 bits per heavy atom. The van der Waals surface area contributed by atoms with Crippen molar-refractivity contribution in [1.29, 1.82) is 0 Å². The SMILES string of the molecule is Cc1cc(C)c(S(=O)(=O)NCc2ccc(Cn3cccn3)cc2)c(C)c1. The fourth-order valence-electron chi connectivity index (χ4n) is 3.18. The molecule has 6 heteroatoms. The lowest BCUT2D eigenvalue weighted by molar-refractivity contribution is 0.580. The van der Waals surface area contributed by atoms with E-state index in [9.17, 15) is 8.42 Å². The molecule has 1 N–H and O–H groups in total. The summed E-state index contributed by atoms with van der Waals surface area (Å²) in [5, 5.41) is 4.18. The van der Waals surface area contributed by atoms with Gasteiger partial charge in [-0.05, 0) is 49.1 Å². The van der Waals surface area contributed by atoms with Crippen LogP contribution in [0.25, 0.3) is 0 Å². The first-order valence-corrected chi connectivity index (χ1v) is 9.96. The van der Waals surface area contributed by atoms with E-state index in [0.29, 0.717) is 11.4 Å². The predicted octanol–water partition coefficient (Wildman–Crippen LogP) is 3.34. The standard InChI is InChI=1S/C20H23N3O2S/c1-15-11-16(2)20(17(3)12-15)26(24,25)22-13-18-5-7-19(8-6-18)14-23-10-4-9-21-23/h4-12,22H,13-14H2,1-3H3. The quantitative estimate of drug-likeness (QED) is 0.725. The Morgan fingerprint density at radius 2 is 1.62 bits per heavy atom. The van der Waals surface area contributed by atoms with E-state index in [1.54, 1.807) is 6.20 Å². The van der Waals surface area contributed by atoms with Gasteiger partial charge in [-0.15, -0.1) is 0 Å². The van der Waals surface area contributed by atoms with E-state index >= 15 is 0 Å². The highest BCUT2D eigenvalue weighted by Crippen LogP contribution is 2.21. The number of nitrogens with zero attached hydrogens (tertiary/aromatic N) is 2. The maximum Gasteiger partial charge on any atom is 0.241 e. The van der Waals surface area contributed by atoms with E-state index in [-0.39, 0.29) is 6.54 Å². The van der Waals surface area contributed by atoms with Crippen molar-refractivity contribution in [1.82, 2.24) is 14.5 Å². The molecule has 0 atom stereocenters. The van der Waals surface area contributed by atoms with Crippen molar-refractivity contribution in [3.63, 3.8) is 0 Å². The van der Waals surface area contributed by atoms with Crippen LogP contribution < -0.4 is 4.72 Å². The van der Waals surface area contributed by atoms with Crippen molar-refractivity contribution in [2.75, 3.05) is 0 Å². The fourth-order valence-corrected chi connectivity index (χ4v) is 4.65. The van der Waals surface area contributed by atoms with Gasteiger partial charge in [-0.2, -0.15) is 5.10 Å². The Bertz CT molecular complexity index is 969. The lowest BCUT2D eigenvalue weighted by Crippen LogP contribution is -2.25. The average Bonchev–Trinajstić information content (AvgIpc) is 3.06. The second-order valence-electron chi connectivity index (χ2n) is 6.57. The molecule has 0 radical (unpaired) electrons. The van der Waals surface area contributed by atoms with E-state index in [4.69, 9.17) is 0 Å². The predicted molar refractivity (Wildman–Crippen MR) is 102 cm³/mol. The van der Waals surface area contributed by atoms with Crippen LogP contribution in [0.2, 0.25) is 0 Å². The summed E-state index contributed by atoms with van der Waals surface area (Å²) in [6, 6.07) is 13.5. The fraction of sp³-hybridized carbons (Fsp3) is 0.250. The molecule has 0 bridgehead atoms. The third-order valence-corrected chi connectivity index (χ3v) is 5.97. The van der Waals surface area contributed by atoms with Crippen LogP contribution in [-0.2, 0) is 23.1 Å². The molecule has 0 aliphatic carbocycles. The highest BCUT2D eigenvalue weighted by atomic mass is 32.2. The summed E-state index contributed by atoms with van der Waals surface area (Å²) in [5.41, 5.74) is 4.63. The van der Waals surface area contributed by atoms with Gasteiger partial charge in [0, 0.05) is 18.9 Å². The van der Waals surface area contributed by atoms with Crippen molar-refractivity contribution < 1.29 is 8.42 Å². The number of rotatable bonds is 6. The van der Waals surface area contributed by atoms with Crippen molar-refractivity contribution in [3.05, 3.63) is 82.7 Å². The molecule has 0 unspecified atom stereocenters. The Kier molecular flexibility index (Phi) is 5.25. The van der Waals surface area contributed by atoms with E-state index in [0.717, 1.165) is 27.8 Å². The molecule has 0 saturated heterocycles. The van der Waals surface area contributed by atoms with Gasteiger partial charge in [-0.1, -0.05) is 42.0 Å². The topological polar surface area (TPSA) is 64.0 Å². The number of hydrogen-bond acceptors (Lipinski definition) is 3. The van der Waals surface area contributed by atoms with Crippen molar-refractivity contribution in [2.24, 2.45) is 0 Å². The maximum atomic E-state index is 12.7. The second-order valence-corrected chi connectivity index (χ2v) is 8.28. The first-order valence-electron chi connectivity index (χ1n) is 8.48. The summed E-state index contributed by atoms with van der Waals surface area (Å²) in [4.78, 5) is 0.374. The number of aryl methyl sites for hydroxylation is 3. The molecule has 0 saturated carbocycles. The molecule has 0 aliphatic heterocycles. The molecule has 0 aliphatic rings. The minimum atomic E-state index is -3.55. The number of benzene rings is 2. The second kappa shape index (κ2) is 7.43. The maximum absolute atomic E-state index is 12.7. The van der Waals surface area contributed by atoms with Crippen LogP contribution in [0.5, 0.6) is 0 Å². The lowest BCUT2D eigenvalue weighted by atomic mass is 10.1. The molecule has 5 nitrogen and oxygen atoms in total. The Morgan fingerprint density at radius 3 is 2.19 bits per heavy atom. The van der Waals surface area contributed by atoms with E-state index < -0.39 is 10.0 Å². The summed E-state index contributed by atoms with van der Waals surface area (Å²) in [5.74, 6) is 0. The first kappa shape index (κ1) is 18.4. The van der Waals surface area contributed by atoms with Gasteiger partial charge >= 0.3 is 0 Å². The lowest BCUT2D eigenvalue weighted by Gasteiger charge is -2.13. The Labute approximate surface area is 154 Å². The van der Waals surface area contributed by atoms with E-state index in [1.807, 2.05) is 74.1 Å². The smallest absolute Gasteiger partial charge is 0.241 e. The third-order valence-electron chi connectivity index (χ3n) is 4.27. The summed E-state index contributed by atoms with van der Waals surface area (Å²) in [7, 11) is -3.55. The summed E-state index contributed by atoms with van der Waals surface area (Å²) in [6.07, 6.45) is 3.66. The molecule has 0 fully saturated rings. The van der Waals surface area contributed by atoms with Gasteiger partial charge in [0.2, 0.25) is 10.0 Å². The highest BCUT2D eigenvalue weighted by molar-refractivity contribution is 7.89. The summed E-state index contributed by atoms with van der Waals surface area (Å²) < 4.78 is 30.0.